The summed E-state index contributed by atoms with van der Waals surface area (Å²) >= 11 is 0. The largest absolute Gasteiger partial charge is 0.490 e. The first kappa shape index (κ1) is 31.9. The van der Waals surface area contributed by atoms with Gasteiger partial charge in [0, 0.05) is 36.1 Å². The van der Waals surface area contributed by atoms with Crippen LogP contribution in [0.3, 0.4) is 0 Å². The van der Waals surface area contributed by atoms with E-state index in [2.05, 4.69) is 41.6 Å². The third-order valence-electron chi connectivity index (χ3n) is 7.87. The highest BCUT2D eigenvalue weighted by molar-refractivity contribution is 6.04. The van der Waals surface area contributed by atoms with Gasteiger partial charge in [0.2, 0.25) is 0 Å². The molecule has 8 nitrogen and oxygen atoms in total. The van der Waals surface area contributed by atoms with Crippen LogP contribution in [0.4, 0.5) is 16.2 Å². The molecule has 4 rings (SSSR count). The first-order chi connectivity index (χ1) is 20.9. The number of anilines is 2. The SMILES string of the molecule is CCCCN1CCC(Oc2ccc(C(=O)Nc3ccc(Oc4ccc(NC(=O)NC(CC)CC)cc4)cc3)cc2C)CC1. The van der Waals surface area contributed by atoms with E-state index in [1.54, 1.807) is 36.4 Å². The van der Waals surface area contributed by atoms with Crippen molar-refractivity contribution in [1.29, 1.82) is 0 Å². The smallest absolute Gasteiger partial charge is 0.319 e. The van der Waals surface area contributed by atoms with Gasteiger partial charge in [0.15, 0.2) is 0 Å². The van der Waals surface area contributed by atoms with Gasteiger partial charge in [-0.25, -0.2) is 4.79 Å². The van der Waals surface area contributed by atoms with Crippen LogP contribution in [0.5, 0.6) is 17.2 Å². The minimum absolute atomic E-state index is 0.160. The number of nitrogens with one attached hydrogen (secondary N) is 3. The van der Waals surface area contributed by atoms with Crippen molar-refractivity contribution in [2.75, 3.05) is 30.3 Å². The molecule has 1 saturated heterocycles. The molecule has 3 N–H and O–H groups in total. The van der Waals surface area contributed by atoms with Gasteiger partial charge in [0.1, 0.15) is 23.4 Å². The fourth-order valence-electron chi connectivity index (χ4n) is 5.13. The second-order valence-corrected chi connectivity index (χ2v) is 11.2. The van der Waals surface area contributed by atoms with Crippen molar-refractivity contribution in [2.45, 2.75) is 78.4 Å². The van der Waals surface area contributed by atoms with Gasteiger partial charge < -0.3 is 30.3 Å². The second kappa shape index (κ2) is 16.0. The summed E-state index contributed by atoms with van der Waals surface area (Å²) in [5.41, 5.74) is 2.90. The van der Waals surface area contributed by atoms with E-state index in [1.165, 1.54) is 19.4 Å². The molecule has 1 heterocycles. The lowest BCUT2D eigenvalue weighted by molar-refractivity contribution is 0.0991. The average molecular weight is 587 g/mol. The van der Waals surface area contributed by atoms with E-state index in [1.807, 2.05) is 37.3 Å². The highest BCUT2D eigenvalue weighted by Gasteiger charge is 2.21. The number of carbonyl (C=O) groups excluding carboxylic acids is 2. The van der Waals surface area contributed by atoms with Crippen molar-refractivity contribution in [3.63, 3.8) is 0 Å². The molecule has 0 aromatic heterocycles. The second-order valence-electron chi connectivity index (χ2n) is 11.2. The maximum Gasteiger partial charge on any atom is 0.319 e. The van der Waals surface area contributed by atoms with Crippen LogP contribution in [-0.2, 0) is 0 Å². The minimum atomic E-state index is -0.215. The van der Waals surface area contributed by atoms with E-state index in [-0.39, 0.29) is 24.1 Å². The van der Waals surface area contributed by atoms with Gasteiger partial charge in [-0.05, 0) is 118 Å². The average Bonchev–Trinajstić information content (AvgIpc) is 3.02. The summed E-state index contributed by atoms with van der Waals surface area (Å²) in [5, 5.41) is 8.76. The minimum Gasteiger partial charge on any atom is -0.490 e. The number of rotatable bonds is 13. The lowest BCUT2D eigenvalue weighted by atomic mass is 10.1. The first-order valence-electron chi connectivity index (χ1n) is 15.6. The van der Waals surface area contributed by atoms with E-state index in [0.29, 0.717) is 28.4 Å². The number of urea groups is 1. The normalized spacial score (nSPS) is 13.9. The Hall–Kier alpha value is -4.04. The molecule has 0 atom stereocenters. The molecular formula is C35H46N4O4. The summed E-state index contributed by atoms with van der Waals surface area (Å²) in [4.78, 5) is 27.6. The number of piperidine rings is 1. The fourth-order valence-corrected chi connectivity index (χ4v) is 5.13. The molecule has 3 aromatic carbocycles. The Morgan fingerprint density at radius 2 is 1.47 bits per heavy atom. The van der Waals surface area contributed by atoms with Crippen LogP contribution in [0.15, 0.2) is 66.7 Å². The van der Waals surface area contributed by atoms with E-state index in [0.717, 1.165) is 50.1 Å². The molecule has 1 aliphatic rings. The molecule has 1 fully saturated rings. The molecule has 0 bridgehead atoms. The number of carbonyl (C=O) groups is 2. The summed E-state index contributed by atoms with van der Waals surface area (Å²) in [6.07, 6.45) is 6.54. The standard InChI is InChI=1S/C35H46N4O4/c1-5-8-21-39-22-19-32(20-23-39)43-33-18-9-26(24-25(33)4)34(40)36-28-10-14-30(15-11-28)42-31-16-12-29(13-17-31)38-35(41)37-27(6-2)7-3/h9-18,24,27,32H,5-8,19-23H2,1-4H3,(H,36,40)(H2,37,38,41). The number of ether oxygens (including phenoxy) is 2. The van der Waals surface area contributed by atoms with Gasteiger partial charge >= 0.3 is 6.03 Å². The fraction of sp³-hybridized carbons (Fsp3) is 0.429. The lowest BCUT2D eigenvalue weighted by Gasteiger charge is -2.32. The number of benzene rings is 3. The monoisotopic (exact) mass is 586 g/mol. The van der Waals surface area contributed by atoms with Crippen molar-refractivity contribution in [1.82, 2.24) is 10.2 Å². The third-order valence-corrected chi connectivity index (χ3v) is 7.87. The van der Waals surface area contributed by atoms with Crippen molar-refractivity contribution in [3.8, 4) is 17.2 Å². The first-order valence-corrected chi connectivity index (χ1v) is 15.6. The third kappa shape index (κ3) is 9.75. The van der Waals surface area contributed by atoms with Crippen LogP contribution < -0.4 is 25.4 Å². The summed E-state index contributed by atoms with van der Waals surface area (Å²) < 4.78 is 12.2. The van der Waals surface area contributed by atoms with E-state index in [9.17, 15) is 9.59 Å². The van der Waals surface area contributed by atoms with Crippen LogP contribution >= 0.6 is 0 Å². The molecule has 3 aromatic rings. The highest BCUT2D eigenvalue weighted by Crippen LogP contribution is 2.26. The predicted molar refractivity (Wildman–Crippen MR) is 174 cm³/mol. The Labute approximate surface area is 256 Å². The Morgan fingerprint density at radius 1 is 0.860 bits per heavy atom. The van der Waals surface area contributed by atoms with Crippen molar-refractivity contribution >= 4 is 23.3 Å². The van der Waals surface area contributed by atoms with Gasteiger partial charge in [-0.15, -0.1) is 0 Å². The number of hydrogen-bond donors (Lipinski definition) is 3. The summed E-state index contributed by atoms with van der Waals surface area (Å²) in [6.45, 7) is 11.7. The van der Waals surface area contributed by atoms with Crippen LogP contribution in [0.25, 0.3) is 0 Å². The van der Waals surface area contributed by atoms with Gasteiger partial charge in [-0.1, -0.05) is 27.2 Å². The molecule has 230 valence electrons. The van der Waals surface area contributed by atoms with Crippen LogP contribution in [-0.4, -0.2) is 48.6 Å². The number of unbranched alkanes of at least 4 members (excludes halogenated alkanes) is 1. The van der Waals surface area contributed by atoms with Crippen molar-refractivity contribution < 1.29 is 19.1 Å². The number of aryl methyl sites for hydroxylation is 1. The predicted octanol–water partition coefficient (Wildman–Crippen LogP) is 7.99. The maximum atomic E-state index is 12.9. The summed E-state index contributed by atoms with van der Waals surface area (Å²) in [6, 6.07) is 20.0. The van der Waals surface area contributed by atoms with E-state index >= 15 is 0 Å². The zero-order valence-corrected chi connectivity index (χ0v) is 25.9. The Bertz CT molecular complexity index is 1310. The highest BCUT2D eigenvalue weighted by atomic mass is 16.5. The van der Waals surface area contributed by atoms with Crippen LogP contribution in [0.2, 0.25) is 0 Å². The van der Waals surface area contributed by atoms with E-state index < -0.39 is 0 Å². The number of nitrogens with zero attached hydrogens (tertiary/aromatic N) is 1. The number of hydrogen-bond acceptors (Lipinski definition) is 5. The van der Waals surface area contributed by atoms with Gasteiger partial charge in [-0.3, -0.25) is 4.79 Å². The van der Waals surface area contributed by atoms with E-state index in [4.69, 9.17) is 9.47 Å². The molecule has 0 spiro atoms. The number of amides is 3. The Morgan fingerprint density at radius 3 is 2.02 bits per heavy atom. The Balaban J connectivity index is 1.25. The molecule has 43 heavy (non-hydrogen) atoms. The molecule has 1 aliphatic heterocycles. The van der Waals surface area contributed by atoms with Gasteiger partial charge in [0.25, 0.3) is 5.91 Å². The lowest BCUT2D eigenvalue weighted by Crippen LogP contribution is -2.38. The topological polar surface area (TPSA) is 91.9 Å². The Kier molecular flexibility index (Phi) is 11.9. The van der Waals surface area contributed by atoms with Gasteiger partial charge in [-0.2, -0.15) is 0 Å². The summed E-state index contributed by atoms with van der Waals surface area (Å²) in [5.74, 6) is 1.95. The van der Waals surface area contributed by atoms with Crippen molar-refractivity contribution in [3.05, 3.63) is 77.9 Å². The summed E-state index contributed by atoms with van der Waals surface area (Å²) in [7, 11) is 0. The molecule has 8 heteroatoms. The number of likely N-dealkylation sites (tertiary alicyclic amines) is 1. The molecule has 3 amide bonds. The molecule has 0 unspecified atom stereocenters. The van der Waals surface area contributed by atoms with Crippen molar-refractivity contribution in [2.24, 2.45) is 0 Å². The van der Waals surface area contributed by atoms with Crippen LogP contribution in [0, 0.1) is 6.92 Å². The maximum absolute atomic E-state index is 12.9. The zero-order chi connectivity index (χ0) is 30.6. The molecule has 0 aliphatic carbocycles. The van der Waals surface area contributed by atoms with Crippen LogP contribution in [0.1, 0.15) is 75.2 Å². The molecular weight excluding hydrogens is 540 g/mol. The molecule has 0 saturated carbocycles. The quantitative estimate of drug-likeness (QED) is 0.189. The van der Waals surface area contributed by atoms with Gasteiger partial charge in [0.05, 0.1) is 0 Å². The molecule has 0 radical (unpaired) electrons. The zero-order valence-electron chi connectivity index (χ0n) is 25.9.